The molecule has 0 N–H and O–H groups in total. The second kappa shape index (κ2) is 4.94. The highest BCUT2D eigenvalue weighted by Gasteiger charge is 2.24. The summed E-state index contributed by atoms with van der Waals surface area (Å²) in [5.74, 6) is 0.00426. The molecule has 0 radical (unpaired) electrons. The molecule has 0 saturated heterocycles. The van der Waals surface area contributed by atoms with E-state index in [1.54, 1.807) is 16.2 Å². The van der Waals surface area contributed by atoms with Gasteiger partial charge < -0.3 is 4.90 Å². The van der Waals surface area contributed by atoms with Crippen molar-refractivity contribution in [1.82, 2.24) is 4.98 Å². The molecule has 0 unspecified atom stereocenters. The summed E-state index contributed by atoms with van der Waals surface area (Å²) >= 11 is 7.28. The van der Waals surface area contributed by atoms with Crippen LogP contribution in [0.4, 0.5) is 5.69 Å². The van der Waals surface area contributed by atoms with Crippen LogP contribution in [0.5, 0.6) is 0 Å². The van der Waals surface area contributed by atoms with Gasteiger partial charge in [0.25, 0.3) is 0 Å². The lowest BCUT2D eigenvalue weighted by molar-refractivity contribution is -0.116. The number of amides is 1. The summed E-state index contributed by atoms with van der Waals surface area (Å²) in [6, 6.07) is 6.15. The van der Waals surface area contributed by atoms with Gasteiger partial charge >= 0.3 is 0 Å². The first kappa shape index (κ1) is 12.6. The fourth-order valence-electron chi connectivity index (χ4n) is 2.39. The Balaban J connectivity index is 1.96. The molecule has 0 saturated carbocycles. The summed E-state index contributed by atoms with van der Waals surface area (Å²) in [6.45, 7) is 2.73. The second-order valence-corrected chi connectivity index (χ2v) is 5.85. The lowest BCUT2D eigenvalue weighted by Gasteiger charge is -2.15. The number of hydrogen-bond donors (Lipinski definition) is 0. The highest BCUT2D eigenvalue weighted by Crippen LogP contribution is 2.32. The van der Waals surface area contributed by atoms with Gasteiger partial charge in [0.15, 0.2) is 0 Å². The first-order valence-electron chi connectivity index (χ1n) is 6.11. The van der Waals surface area contributed by atoms with Crippen LogP contribution in [0.2, 0.25) is 0 Å². The van der Waals surface area contributed by atoms with E-state index in [0.29, 0.717) is 0 Å². The number of aryl methyl sites for hydroxylation is 1. The third-order valence-corrected chi connectivity index (χ3v) is 4.31. The van der Waals surface area contributed by atoms with Crippen molar-refractivity contribution in [3.8, 4) is 11.3 Å². The van der Waals surface area contributed by atoms with Crippen LogP contribution in [-0.2, 0) is 11.2 Å². The van der Waals surface area contributed by atoms with Gasteiger partial charge in [0.05, 0.1) is 10.7 Å². The number of halogens is 1. The molecule has 1 aromatic carbocycles. The van der Waals surface area contributed by atoms with E-state index < -0.39 is 0 Å². The number of carbonyl (C=O) groups excluding carboxylic acids is 1. The molecule has 0 fully saturated rings. The SMILES string of the molecule is Cc1nc(-c2ccc3c(c2)CCN3C(=O)CCl)cs1. The zero-order valence-corrected chi connectivity index (χ0v) is 12.1. The van der Waals surface area contributed by atoms with Crippen LogP contribution >= 0.6 is 22.9 Å². The van der Waals surface area contributed by atoms with Crippen molar-refractivity contribution >= 4 is 34.5 Å². The quantitative estimate of drug-likeness (QED) is 0.796. The highest BCUT2D eigenvalue weighted by atomic mass is 35.5. The predicted molar refractivity (Wildman–Crippen MR) is 79.1 cm³/mol. The topological polar surface area (TPSA) is 33.2 Å². The van der Waals surface area contributed by atoms with Gasteiger partial charge in [-0.05, 0) is 31.0 Å². The van der Waals surface area contributed by atoms with Crippen LogP contribution < -0.4 is 4.90 Å². The molecular formula is C14H13ClN2OS. The Bertz CT molecular complexity index is 638. The standard InChI is InChI=1S/C14H13ClN2OS/c1-9-16-12(8-19-9)10-2-3-13-11(6-10)4-5-17(13)14(18)7-15/h2-3,6,8H,4-5,7H2,1H3. The van der Waals surface area contributed by atoms with Gasteiger partial charge in [-0.1, -0.05) is 6.07 Å². The van der Waals surface area contributed by atoms with E-state index in [1.807, 2.05) is 19.1 Å². The monoisotopic (exact) mass is 292 g/mol. The maximum atomic E-state index is 11.7. The largest absolute Gasteiger partial charge is 0.311 e. The van der Waals surface area contributed by atoms with Crippen LogP contribution in [0.15, 0.2) is 23.6 Å². The van der Waals surface area contributed by atoms with Crippen molar-refractivity contribution in [3.63, 3.8) is 0 Å². The first-order chi connectivity index (χ1) is 9.19. The molecule has 98 valence electrons. The summed E-state index contributed by atoms with van der Waals surface area (Å²) in [4.78, 5) is 18.0. The molecular weight excluding hydrogens is 280 g/mol. The van der Waals surface area contributed by atoms with Crippen LogP contribution in [0.3, 0.4) is 0 Å². The lowest BCUT2D eigenvalue weighted by atomic mass is 10.1. The highest BCUT2D eigenvalue weighted by molar-refractivity contribution is 7.09. The summed E-state index contributed by atoms with van der Waals surface area (Å²) in [7, 11) is 0. The Morgan fingerprint density at radius 3 is 3.05 bits per heavy atom. The van der Waals surface area contributed by atoms with Gasteiger partial charge in [-0.15, -0.1) is 22.9 Å². The number of carbonyl (C=O) groups is 1. The van der Waals surface area contributed by atoms with E-state index in [1.165, 1.54) is 5.56 Å². The van der Waals surface area contributed by atoms with E-state index in [0.717, 1.165) is 34.9 Å². The van der Waals surface area contributed by atoms with Gasteiger partial charge in [0.1, 0.15) is 5.88 Å². The molecule has 1 aromatic heterocycles. The first-order valence-corrected chi connectivity index (χ1v) is 7.52. The number of benzene rings is 1. The number of fused-ring (bicyclic) bond motifs is 1. The van der Waals surface area contributed by atoms with Crippen molar-refractivity contribution in [2.75, 3.05) is 17.3 Å². The number of aromatic nitrogens is 1. The number of alkyl halides is 1. The zero-order valence-electron chi connectivity index (χ0n) is 10.5. The third kappa shape index (κ3) is 2.26. The van der Waals surface area contributed by atoms with Crippen molar-refractivity contribution < 1.29 is 4.79 Å². The number of anilines is 1. The number of nitrogens with zero attached hydrogens (tertiary/aromatic N) is 2. The minimum atomic E-state index is -0.0299. The third-order valence-electron chi connectivity index (χ3n) is 3.31. The predicted octanol–water partition coefficient (Wildman–Crippen LogP) is 3.25. The van der Waals surface area contributed by atoms with E-state index in [9.17, 15) is 4.79 Å². The molecule has 5 heteroatoms. The second-order valence-electron chi connectivity index (χ2n) is 4.52. The summed E-state index contributed by atoms with van der Waals surface area (Å²) in [5, 5.41) is 3.13. The van der Waals surface area contributed by atoms with E-state index in [4.69, 9.17) is 11.6 Å². The maximum absolute atomic E-state index is 11.7. The molecule has 2 aromatic rings. The number of hydrogen-bond acceptors (Lipinski definition) is 3. The fourth-order valence-corrected chi connectivity index (χ4v) is 3.15. The summed E-state index contributed by atoms with van der Waals surface area (Å²) < 4.78 is 0. The molecule has 1 aliphatic rings. The summed E-state index contributed by atoms with van der Waals surface area (Å²) in [6.07, 6.45) is 0.884. The Kier molecular flexibility index (Phi) is 3.29. The van der Waals surface area contributed by atoms with Crippen LogP contribution in [0.1, 0.15) is 10.6 Å². The summed E-state index contributed by atoms with van der Waals surface area (Å²) in [5.41, 5.74) is 4.30. The number of rotatable bonds is 2. The van der Waals surface area contributed by atoms with Crippen molar-refractivity contribution in [1.29, 1.82) is 0 Å². The average molecular weight is 293 g/mol. The molecule has 0 atom stereocenters. The molecule has 3 nitrogen and oxygen atoms in total. The van der Waals surface area contributed by atoms with Gasteiger partial charge in [-0.3, -0.25) is 4.79 Å². The zero-order chi connectivity index (χ0) is 13.4. The van der Waals surface area contributed by atoms with Crippen molar-refractivity contribution in [2.45, 2.75) is 13.3 Å². The lowest BCUT2D eigenvalue weighted by Crippen LogP contribution is -2.29. The normalized spacial score (nSPS) is 13.7. The molecule has 1 aliphatic heterocycles. The van der Waals surface area contributed by atoms with Crippen molar-refractivity contribution in [2.24, 2.45) is 0 Å². The maximum Gasteiger partial charge on any atom is 0.241 e. The van der Waals surface area contributed by atoms with E-state index in [-0.39, 0.29) is 11.8 Å². The van der Waals surface area contributed by atoms with Gasteiger partial charge in [-0.2, -0.15) is 0 Å². The minimum absolute atomic E-state index is 0.0299. The van der Waals surface area contributed by atoms with Gasteiger partial charge in [0.2, 0.25) is 5.91 Å². The molecule has 19 heavy (non-hydrogen) atoms. The van der Waals surface area contributed by atoms with Crippen molar-refractivity contribution in [3.05, 3.63) is 34.2 Å². The molecule has 1 amide bonds. The molecule has 0 bridgehead atoms. The molecule has 2 heterocycles. The smallest absolute Gasteiger partial charge is 0.241 e. The van der Waals surface area contributed by atoms with E-state index >= 15 is 0 Å². The van der Waals surface area contributed by atoms with E-state index in [2.05, 4.69) is 16.4 Å². The molecule has 0 spiro atoms. The Hall–Kier alpha value is -1.39. The fraction of sp³-hybridized carbons (Fsp3) is 0.286. The Morgan fingerprint density at radius 2 is 2.37 bits per heavy atom. The van der Waals surface area contributed by atoms with Crippen LogP contribution in [0.25, 0.3) is 11.3 Å². The minimum Gasteiger partial charge on any atom is -0.311 e. The van der Waals surface area contributed by atoms with Gasteiger partial charge in [0, 0.05) is 23.2 Å². The van der Waals surface area contributed by atoms with Gasteiger partial charge in [-0.25, -0.2) is 4.98 Å². The number of thiazole rings is 1. The Morgan fingerprint density at radius 1 is 1.53 bits per heavy atom. The van der Waals surface area contributed by atoms with Crippen LogP contribution in [0, 0.1) is 6.92 Å². The molecule has 3 rings (SSSR count). The average Bonchev–Trinajstić information content (AvgIpc) is 3.03. The molecule has 0 aliphatic carbocycles. The van der Waals surface area contributed by atoms with Crippen LogP contribution in [-0.4, -0.2) is 23.3 Å². The Labute approximate surface area is 120 Å².